The summed E-state index contributed by atoms with van der Waals surface area (Å²) in [6.07, 6.45) is 0. The molecule has 0 saturated heterocycles. The second-order valence-corrected chi connectivity index (χ2v) is 10.9. The van der Waals surface area contributed by atoms with Crippen molar-refractivity contribution in [3.63, 3.8) is 0 Å². The van der Waals surface area contributed by atoms with E-state index in [1.807, 2.05) is 36.4 Å². The summed E-state index contributed by atoms with van der Waals surface area (Å²) in [6.45, 7) is 4.39. The number of para-hydroxylation sites is 1. The molecule has 0 amide bonds. The number of nitrogens with zero attached hydrogens (tertiary/aromatic N) is 1. The average molecular weight is 407 g/mol. The summed E-state index contributed by atoms with van der Waals surface area (Å²) in [5.41, 5.74) is 7.07. The third-order valence-electron chi connectivity index (χ3n) is 6.83. The van der Waals surface area contributed by atoms with Gasteiger partial charge in [0.1, 0.15) is 0 Å². The van der Waals surface area contributed by atoms with Crippen LogP contribution in [-0.2, 0) is 11.6 Å². The van der Waals surface area contributed by atoms with Gasteiger partial charge in [0.15, 0.2) is 7.14 Å². The summed E-state index contributed by atoms with van der Waals surface area (Å²) in [4.78, 5) is 0. The lowest BCUT2D eigenvalue weighted by molar-refractivity contribution is 0.593. The minimum absolute atomic E-state index is 0.908. The summed E-state index contributed by atoms with van der Waals surface area (Å²) in [6, 6.07) is 26.8. The molecule has 0 N–H and O–H groups in total. The molecule has 0 radical (unpaired) electrons. The number of hydrogen-bond acceptors (Lipinski definition) is 1. The highest BCUT2D eigenvalue weighted by molar-refractivity contribution is 7.86. The molecular formula is C27H22NOP. The molecule has 6 rings (SSSR count). The van der Waals surface area contributed by atoms with Crippen molar-refractivity contribution in [2.45, 2.75) is 13.8 Å². The molecule has 2 nitrogen and oxygen atoms in total. The molecule has 0 aliphatic carbocycles. The molecule has 30 heavy (non-hydrogen) atoms. The van der Waals surface area contributed by atoms with Crippen LogP contribution in [0.2, 0.25) is 0 Å². The Labute approximate surface area is 176 Å². The molecule has 1 atom stereocenters. The number of hydrogen-bond donors (Lipinski definition) is 0. The predicted octanol–water partition coefficient (Wildman–Crippen LogP) is 5.57. The first-order chi connectivity index (χ1) is 14.5. The standard InChI is InChI=1S/C27H22NOP/c1-17-18(2)25-21-14-8-10-16-23(21)30(29,19-11-5-4-6-12-19)27(25)26-24(17)20-13-7-9-15-22(20)28(26)3/h4-16H,1-3H3. The number of rotatable bonds is 1. The van der Waals surface area contributed by atoms with E-state index in [0.29, 0.717) is 0 Å². The maximum absolute atomic E-state index is 15.2. The van der Waals surface area contributed by atoms with Gasteiger partial charge in [0, 0.05) is 33.9 Å². The monoisotopic (exact) mass is 407 g/mol. The Morgan fingerprint density at radius 1 is 0.767 bits per heavy atom. The van der Waals surface area contributed by atoms with Gasteiger partial charge >= 0.3 is 0 Å². The molecule has 0 fully saturated rings. The lowest BCUT2D eigenvalue weighted by atomic mass is 9.93. The van der Waals surface area contributed by atoms with Gasteiger partial charge in [-0.1, -0.05) is 72.8 Å². The molecule has 0 saturated carbocycles. The summed E-state index contributed by atoms with van der Waals surface area (Å²) in [5, 5.41) is 5.34. The van der Waals surface area contributed by atoms with Crippen LogP contribution in [0.15, 0.2) is 78.9 Å². The van der Waals surface area contributed by atoms with Gasteiger partial charge in [-0.25, -0.2) is 0 Å². The molecule has 0 spiro atoms. The van der Waals surface area contributed by atoms with Gasteiger partial charge in [-0.15, -0.1) is 0 Å². The number of aryl methyl sites for hydroxylation is 2. The van der Waals surface area contributed by atoms with E-state index in [4.69, 9.17) is 0 Å². The SMILES string of the molecule is Cc1c2c(c3c(c1C)c1ccccc1n3C)P(=O)(c1ccccc1)c1ccccc1-2. The molecule has 3 heteroatoms. The van der Waals surface area contributed by atoms with Crippen molar-refractivity contribution in [2.75, 3.05) is 0 Å². The highest BCUT2D eigenvalue weighted by Gasteiger charge is 2.43. The second-order valence-electron chi connectivity index (χ2n) is 8.24. The van der Waals surface area contributed by atoms with E-state index < -0.39 is 7.14 Å². The number of benzene rings is 4. The van der Waals surface area contributed by atoms with Gasteiger partial charge in [0.2, 0.25) is 0 Å². The van der Waals surface area contributed by atoms with Crippen molar-refractivity contribution in [2.24, 2.45) is 7.05 Å². The quantitative estimate of drug-likeness (QED) is 0.327. The van der Waals surface area contributed by atoms with E-state index >= 15 is 4.57 Å². The molecule has 1 aromatic heterocycles. The summed E-state index contributed by atoms with van der Waals surface area (Å²) in [7, 11) is -0.889. The van der Waals surface area contributed by atoms with Crippen molar-refractivity contribution in [3.05, 3.63) is 90.0 Å². The molecule has 146 valence electrons. The van der Waals surface area contributed by atoms with E-state index in [1.165, 1.54) is 27.4 Å². The van der Waals surface area contributed by atoms with Crippen LogP contribution in [0.1, 0.15) is 11.1 Å². The maximum atomic E-state index is 15.2. The lowest BCUT2D eigenvalue weighted by Crippen LogP contribution is -2.22. The van der Waals surface area contributed by atoms with E-state index in [0.717, 1.165) is 32.6 Å². The Bertz CT molecular complexity index is 1540. The number of aromatic nitrogens is 1. The maximum Gasteiger partial charge on any atom is 0.174 e. The highest BCUT2D eigenvalue weighted by Crippen LogP contribution is 2.56. The van der Waals surface area contributed by atoms with Crippen LogP contribution < -0.4 is 15.9 Å². The molecule has 1 unspecified atom stereocenters. The Hall–Kier alpha value is -3.09. The van der Waals surface area contributed by atoms with E-state index in [-0.39, 0.29) is 0 Å². The zero-order chi connectivity index (χ0) is 20.6. The van der Waals surface area contributed by atoms with Gasteiger partial charge in [-0.3, -0.25) is 0 Å². The largest absolute Gasteiger partial charge is 0.343 e. The second kappa shape index (κ2) is 5.97. The fourth-order valence-corrected chi connectivity index (χ4v) is 8.70. The summed E-state index contributed by atoms with van der Waals surface area (Å²) >= 11 is 0. The van der Waals surface area contributed by atoms with Crippen LogP contribution in [0.3, 0.4) is 0 Å². The van der Waals surface area contributed by atoms with Crippen molar-refractivity contribution in [3.8, 4) is 11.1 Å². The van der Waals surface area contributed by atoms with Crippen LogP contribution in [0.5, 0.6) is 0 Å². The Kier molecular flexibility index (Phi) is 3.53. The molecule has 1 aliphatic rings. The molecule has 4 aromatic carbocycles. The first-order valence-corrected chi connectivity index (χ1v) is 12.0. The molecule has 0 bridgehead atoms. The zero-order valence-corrected chi connectivity index (χ0v) is 18.2. The molecule has 2 heterocycles. The first kappa shape index (κ1) is 17.7. The normalized spacial score (nSPS) is 17.4. The van der Waals surface area contributed by atoms with Crippen LogP contribution >= 0.6 is 7.14 Å². The first-order valence-electron chi connectivity index (χ1n) is 10.3. The average Bonchev–Trinajstić information content (AvgIpc) is 3.23. The van der Waals surface area contributed by atoms with Gasteiger partial charge in [-0.2, -0.15) is 0 Å². The van der Waals surface area contributed by atoms with Crippen LogP contribution in [-0.4, -0.2) is 4.57 Å². The van der Waals surface area contributed by atoms with Gasteiger partial charge in [0.25, 0.3) is 0 Å². The smallest absolute Gasteiger partial charge is 0.174 e. The fourth-order valence-electron chi connectivity index (χ4n) is 5.34. The Morgan fingerprint density at radius 2 is 1.43 bits per heavy atom. The zero-order valence-electron chi connectivity index (χ0n) is 17.3. The van der Waals surface area contributed by atoms with E-state index in [9.17, 15) is 0 Å². The Balaban J connectivity index is 1.93. The topological polar surface area (TPSA) is 22.0 Å². The predicted molar refractivity (Wildman–Crippen MR) is 128 cm³/mol. The summed E-state index contributed by atoms with van der Waals surface area (Å²) in [5.74, 6) is 0. The molecule has 5 aromatic rings. The molecular weight excluding hydrogens is 385 g/mol. The van der Waals surface area contributed by atoms with Crippen LogP contribution in [0.4, 0.5) is 0 Å². The van der Waals surface area contributed by atoms with Gasteiger partial charge in [0.05, 0.1) is 10.8 Å². The highest BCUT2D eigenvalue weighted by atomic mass is 31.2. The van der Waals surface area contributed by atoms with Crippen molar-refractivity contribution in [1.29, 1.82) is 0 Å². The van der Waals surface area contributed by atoms with Crippen LogP contribution in [0, 0.1) is 13.8 Å². The van der Waals surface area contributed by atoms with Gasteiger partial charge in [-0.05, 0) is 42.2 Å². The lowest BCUT2D eigenvalue weighted by Gasteiger charge is -2.19. The third-order valence-corrected chi connectivity index (χ3v) is 9.99. The van der Waals surface area contributed by atoms with E-state index in [1.54, 1.807) is 0 Å². The fraction of sp³-hybridized carbons (Fsp3) is 0.111. The van der Waals surface area contributed by atoms with Crippen molar-refractivity contribution >= 4 is 44.9 Å². The molecule has 1 aliphatic heterocycles. The van der Waals surface area contributed by atoms with Gasteiger partial charge < -0.3 is 9.13 Å². The summed E-state index contributed by atoms with van der Waals surface area (Å²) < 4.78 is 17.4. The van der Waals surface area contributed by atoms with Crippen molar-refractivity contribution < 1.29 is 4.57 Å². The number of fused-ring (bicyclic) bond motifs is 7. The minimum atomic E-state index is -3.00. The minimum Gasteiger partial charge on any atom is -0.343 e. The Morgan fingerprint density at radius 3 is 2.23 bits per heavy atom. The van der Waals surface area contributed by atoms with E-state index in [2.05, 4.69) is 67.9 Å². The van der Waals surface area contributed by atoms with Crippen LogP contribution in [0.25, 0.3) is 32.9 Å². The third kappa shape index (κ3) is 1.98. The van der Waals surface area contributed by atoms with Crippen molar-refractivity contribution in [1.82, 2.24) is 4.57 Å².